The molecule has 0 aliphatic carbocycles. The van der Waals surface area contributed by atoms with Gasteiger partial charge >= 0.3 is 0 Å². The molecule has 0 saturated heterocycles. The van der Waals surface area contributed by atoms with Crippen LogP contribution in [-0.4, -0.2) is 11.8 Å². The summed E-state index contributed by atoms with van der Waals surface area (Å²) < 4.78 is 2.45. The largest absolute Gasteiger partial charge is 0.309 e. The van der Waals surface area contributed by atoms with E-state index in [9.17, 15) is 0 Å². The molecule has 0 radical (unpaired) electrons. The van der Waals surface area contributed by atoms with Crippen LogP contribution in [0.2, 0.25) is 0 Å². The first-order chi connectivity index (χ1) is 23.8. The molecule has 1 aliphatic rings. The van der Waals surface area contributed by atoms with Gasteiger partial charge in [0.25, 0.3) is 0 Å². The van der Waals surface area contributed by atoms with E-state index in [1.54, 1.807) is 0 Å². The van der Waals surface area contributed by atoms with Gasteiger partial charge in [-0.2, -0.15) is 0 Å². The van der Waals surface area contributed by atoms with Crippen molar-refractivity contribution in [1.82, 2.24) is 4.57 Å². The summed E-state index contributed by atoms with van der Waals surface area (Å²) in [7, 11) is 0.986. The van der Waals surface area contributed by atoms with Crippen molar-refractivity contribution in [2.45, 2.75) is 0 Å². The van der Waals surface area contributed by atoms with Crippen molar-refractivity contribution < 1.29 is 0 Å². The van der Waals surface area contributed by atoms with Gasteiger partial charge in [0.2, 0.25) is 0 Å². The molecule has 10 rings (SSSR count). The van der Waals surface area contributed by atoms with Crippen LogP contribution in [-0.2, 0) is 0 Å². The molecule has 0 unspecified atom stereocenters. The van der Waals surface area contributed by atoms with Crippen molar-refractivity contribution in [2.75, 3.05) is 0 Å². The Morgan fingerprint density at radius 2 is 0.812 bits per heavy atom. The first kappa shape index (κ1) is 27.0. The van der Waals surface area contributed by atoms with Crippen LogP contribution in [0, 0.1) is 0 Å². The van der Waals surface area contributed by atoms with E-state index in [0.29, 0.717) is 0 Å². The van der Waals surface area contributed by atoms with E-state index in [0.717, 1.165) is 7.28 Å². The smallest absolute Gasteiger partial charge is 0.193 e. The maximum atomic E-state index is 2.45. The Balaban J connectivity index is 1.17. The summed E-state index contributed by atoms with van der Waals surface area (Å²) in [5.41, 5.74) is 16.6. The minimum absolute atomic E-state index is 0.986. The summed E-state index contributed by atoms with van der Waals surface area (Å²) in [4.78, 5) is 0. The van der Waals surface area contributed by atoms with E-state index in [2.05, 4.69) is 180 Å². The average molecular weight is 608 g/mol. The van der Waals surface area contributed by atoms with Crippen LogP contribution in [0.3, 0.4) is 0 Å². The fourth-order valence-corrected chi connectivity index (χ4v) is 7.83. The molecule has 0 amide bonds. The average Bonchev–Trinajstić information content (AvgIpc) is 3.69. The Hall–Kier alpha value is -6.12. The Kier molecular flexibility index (Phi) is 6.04. The summed E-state index contributed by atoms with van der Waals surface area (Å²) in [6.07, 6.45) is 0. The number of benzene rings is 8. The number of nitrogens with zero attached hydrogens (tertiary/aromatic N) is 1. The van der Waals surface area contributed by atoms with Crippen molar-refractivity contribution >= 4 is 50.8 Å². The molecule has 48 heavy (non-hydrogen) atoms. The highest BCUT2D eigenvalue weighted by Gasteiger charge is 2.22. The lowest BCUT2D eigenvalue weighted by Gasteiger charge is -2.12. The van der Waals surface area contributed by atoms with Gasteiger partial charge in [0.05, 0.1) is 16.7 Å². The summed E-state index contributed by atoms with van der Waals surface area (Å²) in [6, 6.07) is 64.7. The molecule has 9 aromatic rings. The SMILES string of the molecule is B1c2ccc(-c3ccccc3)cc2-c2cc(-c3ccc4c(c3)c3cc(-c5ccccc5)ccc3n4-c3cccc4ccccc34)ccc21. The summed E-state index contributed by atoms with van der Waals surface area (Å²) >= 11 is 0. The zero-order valence-electron chi connectivity index (χ0n) is 26.4. The number of fused-ring (bicyclic) bond motifs is 7. The zero-order valence-corrected chi connectivity index (χ0v) is 26.4. The number of hydrogen-bond donors (Lipinski definition) is 0. The summed E-state index contributed by atoms with van der Waals surface area (Å²) in [6.45, 7) is 0. The van der Waals surface area contributed by atoms with Crippen LogP contribution in [0.1, 0.15) is 0 Å². The lowest BCUT2D eigenvalue weighted by atomic mass is 9.68. The molecule has 0 saturated carbocycles. The molecule has 222 valence electrons. The normalized spacial score (nSPS) is 11.9. The quantitative estimate of drug-likeness (QED) is 0.176. The maximum Gasteiger partial charge on any atom is 0.193 e. The minimum atomic E-state index is 0.986. The molecule has 2 heteroatoms. The first-order valence-corrected chi connectivity index (χ1v) is 16.7. The number of aromatic nitrogens is 1. The van der Waals surface area contributed by atoms with Crippen LogP contribution in [0.5, 0.6) is 0 Å². The molecule has 1 aliphatic heterocycles. The van der Waals surface area contributed by atoms with Gasteiger partial charge in [0, 0.05) is 16.2 Å². The molecule has 8 aromatic carbocycles. The van der Waals surface area contributed by atoms with Crippen molar-refractivity contribution in [3.05, 3.63) is 176 Å². The highest BCUT2D eigenvalue weighted by Crippen LogP contribution is 2.39. The Morgan fingerprint density at radius 3 is 1.44 bits per heavy atom. The Labute approximate surface area is 280 Å². The van der Waals surface area contributed by atoms with Crippen molar-refractivity contribution in [1.29, 1.82) is 0 Å². The molecule has 0 spiro atoms. The number of hydrogen-bond acceptors (Lipinski definition) is 0. The highest BCUT2D eigenvalue weighted by molar-refractivity contribution is 6.73. The number of rotatable bonds is 4. The molecule has 0 fully saturated rings. The third kappa shape index (κ3) is 4.27. The molecule has 1 nitrogen and oxygen atoms in total. The molecule has 2 heterocycles. The minimum Gasteiger partial charge on any atom is -0.309 e. The van der Waals surface area contributed by atoms with E-state index in [-0.39, 0.29) is 0 Å². The van der Waals surface area contributed by atoms with E-state index in [4.69, 9.17) is 0 Å². The standard InChI is InChI=1S/C46H30BN/c1-3-10-30(11-4-1)33-18-22-42-38(26-33)39-27-35(19-23-43(39)47-42)36-21-25-46-41(29-36)40-28-34(31-12-5-2-6-13-31)20-24-45(40)48(46)44-17-9-15-32-14-7-8-16-37(32)44/h1-29,47H. The highest BCUT2D eigenvalue weighted by atomic mass is 15.0. The van der Waals surface area contributed by atoms with Crippen LogP contribution in [0.4, 0.5) is 0 Å². The molecule has 0 bridgehead atoms. The zero-order chi connectivity index (χ0) is 31.6. The van der Waals surface area contributed by atoms with Crippen LogP contribution < -0.4 is 10.9 Å². The van der Waals surface area contributed by atoms with E-state index >= 15 is 0 Å². The van der Waals surface area contributed by atoms with Gasteiger partial charge in [0.1, 0.15) is 0 Å². The van der Waals surface area contributed by atoms with Gasteiger partial charge in [0.15, 0.2) is 7.28 Å². The van der Waals surface area contributed by atoms with Crippen LogP contribution in [0.15, 0.2) is 176 Å². The van der Waals surface area contributed by atoms with Gasteiger partial charge in [-0.25, -0.2) is 0 Å². The lowest BCUT2D eigenvalue weighted by Crippen LogP contribution is -2.20. The van der Waals surface area contributed by atoms with Gasteiger partial charge in [-0.3, -0.25) is 0 Å². The molecular formula is C46H30BN. The molecular weight excluding hydrogens is 577 g/mol. The first-order valence-electron chi connectivity index (χ1n) is 16.7. The maximum absolute atomic E-state index is 2.45. The summed E-state index contributed by atoms with van der Waals surface area (Å²) in [5, 5.41) is 5.03. The van der Waals surface area contributed by atoms with E-state index in [1.807, 2.05) is 0 Å². The Bertz CT molecular complexity index is 2680. The monoisotopic (exact) mass is 607 g/mol. The molecule has 0 N–H and O–H groups in total. The third-order valence-corrected chi connectivity index (χ3v) is 10.2. The van der Waals surface area contributed by atoms with Crippen LogP contribution in [0.25, 0.3) is 82.8 Å². The van der Waals surface area contributed by atoms with Crippen molar-refractivity contribution in [3.63, 3.8) is 0 Å². The second kappa shape index (κ2) is 10.7. The Morgan fingerprint density at radius 1 is 0.333 bits per heavy atom. The fourth-order valence-electron chi connectivity index (χ4n) is 7.83. The molecule has 1 aromatic heterocycles. The van der Waals surface area contributed by atoms with Gasteiger partial charge in [-0.05, 0) is 92.4 Å². The predicted octanol–water partition coefficient (Wildman–Crippen LogP) is 10.3. The second-order valence-corrected chi connectivity index (χ2v) is 13.0. The fraction of sp³-hybridized carbons (Fsp3) is 0. The lowest BCUT2D eigenvalue weighted by molar-refractivity contribution is 1.20. The van der Waals surface area contributed by atoms with Gasteiger partial charge in [-0.1, -0.05) is 144 Å². The second-order valence-electron chi connectivity index (χ2n) is 13.0. The van der Waals surface area contributed by atoms with Gasteiger partial charge in [-0.15, -0.1) is 0 Å². The van der Waals surface area contributed by atoms with Crippen molar-refractivity contribution in [2.24, 2.45) is 0 Å². The van der Waals surface area contributed by atoms with Crippen LogP contribution >= 0.6 is 0 Å². The molecule has 0 atom stereocenters. The van der Waals surface area contributed by atoms with Gasteiger partial charge < -0.3 is 4.57 Å². The van der Waals surface area contributed by atoms with E-state index < -0.39 is 0 Å². The van der Waals surface area contributed by atoms with Crippen molar-refractivity contribution in [3.8, 4) is 50.2 Å². The summed E-state index contributed by atoms with van der Waals surface area (Å²) in [5.74, 6) is 0. The van der Waals surface area contributed by atoms with E-state index in [1.165, 1.54) is 93.7 Å². The topological polar surface area (TPSA) is 4.93 Å². The third-order valence-electron chi connectivity index (χ3n) is 10.2. The predicted molar refractivity (Wildman–Crippen MR) is 206 cm³/mol.